The van der Waals surface area contributed by atoms with Crippen molar-refractivity contribution in [3.63, 3.8) is 0 Å². The van der Waals surface area contributed by atoms with Crippen molar-refractivity contribution in [2.45, 2.75) is 99.0 Å². The summed E-state index contributed by atoms with van der Waals surface area (Å²) in [4.78, 5) is 18.1. The lowest BCUT2D eigenvalue weighted by Gasteiger charge is -2.19. The summed E-state index contributed by atoms with van der Waals surface area (Å²) in [6, 6.07) is 0. The first-order valence-electron chi connectivity index (χ1n) is 11.1. The second-order valence-corrected chi connectivity index (χ2v) is 9.19. The number of rotatable bonds is 17. The summed E-state index contributed by atoms with van der Waals surface area (Å²) < 4.78 is 25.4. The summed E-state index contributed by atoms with van der Waals surface area (Å²) in [5, 5.41) is 11.0. The van der Waals surface area contributed by atoms with E-state index in [2.05, 4.69) is 37.4 Å². The monoisotopic (exact) mass is 473 g/mol. The first-order valence-corrected chi connectivity index (χ1v) is 13.5. The molecule has 10 heteroatoms. The van der Waals surface area contributed by atoms with Crippen LogP contribution in [0.5, 0.6) is 0 Å². The minimum atomic E-state index is -2.93. The minimum Gasteiger partial charge on any atom is -0.411 e. The molecule has 4 atom stereocenters. The van der Waals surface area contributed by atoms with Crippen molar-refractivity contribution in [1.29, 1.82) is 0 Å². The molecule has 182 valence electrons. The molecule has 0 aromatic rings. The van der Waals surface area contributed by atoms with Gasteiger partial charge in [0.2, 0.25) is 0 Å². The average molecular weight is 474 g/mol. The third-order valence-electron chi connectivity index (χ3n) is 4.95. The standard InChI is InChI=1S/C16H35O3P.C4H10NO4P/c1-5-9-11-15(7-3)13-18-20(17)19-14-16(8-4)12-10-6-2;1-3(5-6)4(2)9-10(7)8/h15-17H,5-14H2,1-4H3;4,6,10H,1-2H3,(H,7,8). The Labute approximate surface area is 185 Å². The van der Waals surface area contributed by atoms with Crippen LogP contribution in [0.1, 0.15) is 92.9 Å². The first kappa shape index (κ1) is 32.1. The molecular formula is C20H45NO7P2. The smallest absolute Gasteiger partial charge is 0.329 e. The van der Waals surface area contributed by atoms with E-state index in [-0.39, 0.29) is 5.71 Å². The van der Waals surface area contributed by atoms with Crippen molar-refractivity contribution in [3.8, 4) is 0 Å². The van der Waals surface area contributed by atoms with E-state index in [0.717, 1.165) is 12.8 Å². The topological polar surface area (TPSA) is 118 Å². The second-order valence-electron chi connectivity index (χ2n) is 7.43. The van der Waals surface area contributed by atoms with Crippen molar-refractivity contribution < 1.29 is 33.1 Å². The molecule has 0 radical (unpaired) electrons. The lowest BCUT2D eigenvalue weighted by molar-refractivity contribution is 0.148. The molecule has 0 amide bonds. The third-order valence-corrected chi connectivity index (χ3v) is 6.25. The maximum absolute atomic E-state index is 10.1. The highest BCUT2D eigenvalue weighted by molar-refractivity contribution is 7.40. The summed E-state index contributed by atoms with van der Waals surface area (Å²) in [5.41, 5.74) is 0.271. The molecule has 0 fully saturated rings. The summed E-state index contributed by atoms with van der Waals surface area (Å²) >= 11 is 0. The molecule has 0 rings (SSSR count). The Morgan fingerprint density at radius 1 is 1.00 bits per heavy atom. The normalized spacial score (nSPS) is 16.9. The molecule has 0 spiro atoms. The third kappa shape index (κ3) is 19.9. The van der Waals surface area contributed by atoms with Gasteiger partial charge < -0.3 is 28.6 Å². The van der Waals surface area contributed by atoms with Crippen LogP contribution in [-0.4, -0.2) is 40.0 Å². The van der Waals surface area contributed by atoms with Crippen molar-refractivity contribution in [3.05, 3.63) is 0 Å². The van der Waals surface area contributed by atoms with Crippen LogP contribution in [0.3, 0.4) is 0 Å². The van der Waals surface area contributed by atoms with Crippen LogP contribution < -0.4 is 0 Å². The maximum atomic E-state index is 10.1. The predicted octanol–water partition coefficient (Wildman–Crippen LogP) is 6.30. The van der Waals surface area contributed by atoms with Gasteiger partial charge in [-0.1, -0.05) is 71.4 Å². The van der Waals surface area contributed by atoms with Gasteiger partial charge in [0.15, 0.2) is 0 Å². The van der Waals surface area contributed by atoms with E-state index >= 15 is 0 Å². The fourth-order valence-electron chi connectivity index (χ4n) is 2.49. The average Bonchev–Trinajstić information content (AvgIpc) is 2.73. The number of nitrogens with zero attached hydrogens (tertiary/aromatic N) is 1. The lowest BCUT2D eigenvalue weighted by Crippen LogP contribution is -2.14. The summed E-state index contributed by atoms with van der Waals surface area (Å²) in [6.45, 7) is 13.1. The molecule has 0 aromatic heterocycles. The van der Waals surface area contributed by atoms with Gasteiger partial charge in [0.05, 0.1) is 18.9 Å². The molecule has 0 bridgehead atoms. The van der Waals surface area contributed by atoms with Gasteiger partial charge in [-0.25, -0.2) is 0 Å². The summed E-state index contributed by atoms with van der Waals surface area (Å²) in [7, 11) is -4.62. The second kappa shape index (κ2) is 22.1. The van der Waals surface area contributed by atoms with Gasteiger partial charge in [-0.3, -0.25) is 4.57 Å². The van der Waals surface area contributed by atoms with Gasteiger partial charge in [0.25, 0.3) is 0 Å². The molecule has 0 aliphatic rings. The molecular weight excluding hydrogens is 428 g/mol. The highest BCUT2D eigenvalue weighted by Gasteiger charge is 2.14. The Morgan fingerprint density at radius 3 is 1.73 bits per heavy atom. The van der Waals surface area contributed by atoms with Crippen molar-refractivity contribution in [2.24, 2.45) is 17.0 Å². The van der Waals surface area contributed by atoms with Gasteiger partial charge >= 0.3 is 16.9 Å². The Bertz CT molecular complexity index is 421. The fraction of sp³-hybridized carbons (Fsp3) is 0.950. The summed E-state index contributed by atoms with van der Waals surface area (Å²) in [5.74, 6) is 1.11. The number of hydrogen-bond donors (Lipinski definition) is 3. The van der Waals surface area contributed by atoms with Gasteiger partial charge in [-0.2, -0.15) is 0 Å². The molecule has 0 heterocycles. The van der Waals surface area contributed by atoms with E-state index in [0.29, 0.717) is 25.0 Å². The van der Waals surface area contributed by atoms with Crippen LogP contribution in [0, 0.1) is 11.8 Å². The van der Waals surface area contributed by atoms with Gasteiger partial charge in [-0.05, 0) is 38.5 Å². The number of hydrogen-bond acceptors (Lipinski definition) is 7. The van der Waals surface area contributed by atoms with Crippen molar-refractivity contribution in [1.82, 2.24) is 0 Å². The highest BCUT2D eigenvalue weighted by atomic mass is 31.2. The molecule has 0 aromatic carbocycles. The minimum absolute atomic E-state index is 0.271. The van der Waals surface area contributed by atoms with Gasteiger partial charge in [-0.15, -0.1) is 0 Å². The van der Waals surface area contributed by atoms with Crippen LogP contribution in [-0.2, 0) is 18.1 Å². The zero-order valence-corrected chi connectivity index (χ0v) is 21.6. The zero-order valence-electron chi connectivity index (χ0n) is 19.7. The van der Waals surface area contributed by atoms with Crippen LogP contribution in [0.25, 0.3) is 0 Å². The Hall–Kier alpha value is -0.0700. The SMILES string of the molecule is CC(=NO)C(C)O[PH](=O)O.CCCCC(CC)COP(O)OCC(CC)CCCC. The van der Waals surface area contributed by atoms with Crippen molar-refractivity contribution >= 4 is 22.6 Å². The molecule has 0 aliphatic heterocycles. The van der Waals surface area contributed by atoms with E-state index in [1.807, 2.05) is 0 Å². The molecule has 30 heavy (non-hydrogen) atoms. The van der Waals surface area contributed by atoms with Crippen LogP contribution in [0.2, 0.25) is 0 Å². The fourth-order valence-corrected chi connectivity index (χ4v) is 3.71. The highest BCUT2D eigenvalue weighted by Crippen LogP contribution is 2.35. The number of unbranched alkanes of at least 4 members (excludes halogenated alkanes) is 2. The molecule has 0 aliphatic carbocycles. The molecule has 3 N–H and O–H groups in total. The Morgan fingerprint density at radius 2 is 1.43 bits per heavy atom. The molecule has 8 nitrogen and oxygen atoms in total. The largest absolute Gasteiger partial charge is 0.411 e. The predicted molar refractivity (Wildman–Crippen MR) is 124 cm³/mol. The first-order chi connectivity index (χ1) is 14.2. The summed E-state index contributed by atoms with van der Waals surface area (Å²) in [6.07, 6.45) is 8.89. The van der Waals surface area contributed by atoms with Crippen molar-refractivity contribution in [2.75, 3.05) is 13.2 Å². The van der Waals surface area contributed by atoms with E-state index in [1.165, 1.54) is 52.4 Å². The zero-order chi connectivity index (χ0) is 23.4. The number of oxime groups is 1. The van der Waals surface area contributed by atoms with Crippen LogP contribution in [0.15, 0.2) is 5.16 Å². The quantitative estimate of drug-likeness (QED) is 0.0982. The molecule has 4 unspecified atom stereocenters. The Kier molecular flexibility index (Phi) is 23.7. The van der Waals surface area contributed by atoms with E-state index in [1.54, 1.807) is 0 Å². The Balaban J connectivity index is 0. The maximum Gasteiger partial charge on any atom is 0.329 e. The molecule has 0 saturated heterocycles. The molecule has 0 saturated carbocycles. The van der Waals surface area contributed by atoms with Crippen LogP contribution in [0.4, 0.5) is 0 Å². The van der Waals surface area contributed by atoms with Gasteiger partial charge in [0, 0.05) is 0 Å². The van der Waals surface area contributed by atoms with E-state index in [4.69, 9.17) is 19.1 Å². The van der Waals surface area contributed by atoms with Crippen LogP contribution >= 0.6 is 16.9 Å². The lowest BCUT2D eigenvalue weighted by atomic mass is 10.0. The van der Waals surface area contributed by atoms with E-state index < -0.39 is 23.0 Å². The van der Waals surface area contributed by atoms with Gasteiger partial charge in [0.1, 0.15) is 6.10 Å². The van der Waals surface area contributed by atoms with E-state index in [9.17, 15) is 9.46 Å².